The first kappa shape index (κ1) is 6.66. The molecule has 2 unspecified atom stereocenters. The third-order valence-electron chi connectivity index (χ3n) is 3.12. The molecule has 57 valence electrons. The van der Waals surface area contributed by atoms with E-state index < -0.39 is 0 Å². The average Bonchev–Trinajstić information content (AvgIpc) is 2.42. The van der Waals surface area contributed by atoms with Crippen molar-refractivity contribution in [2.24, 2.45) is 11.8 Å². The van der Waals surface area contributed by atoms with Crippen molar-refractivity contribution in [3.8, 4) is 0 Å². The molecule has 2 fully saturated rings. The van der Waals surface area contributed by atoms with Crippen molar-refractivity contribution in [2.45, 2.75) is 19.3 Å². The average molecular weight is 138 g/mol. The van der Waals surface area contributed by atoms with Crippen LogP contribution in [0.3, 0.4) is 0 Å². The van der Waals surface area contributed by atoms with Gasteiger partial charge in [0.2, 0.25) is 0 Å². The molecule has 0 amide bonds. The van der Waals surface area contributed by atoms with Gasteiger partial charge in [0.1, 0.15) is 0 Å². The minimum atomic E-state index is 1.02. The molecule has 1 radical (unpaired) electrons. The molecule has 1 heterocycles. The number of hydrogen-bond acceptors (Lipinski definition) is 1. The summed E-state index contributed by atoms with van der Waals surface area (Å²) < 4.78 is 0. The van der Waals surface area contributed by atoms with Gasteiger partial charge in [-0.25, -0.2) is 0 Å². The predicted octanol–water partition coefficient (Wildman–Crippen LogP) is 1.55. The molecule has 0 spiro atoms. The zero-order valence-corrected chi connectivity index (χ0v) is 6.55. The number of likely N-dealkylation sites (tertiary alicyclic amines) is 1. The van der Waals surface area contributed by atoms with Crippen molar-refractivity contribution in [3.05, 3.63) is 6.92 Å². The van der Waals surface area contributed by atoms with Crippen molar-refractivity contribution in [3.63, 3.8) is 0 Å². The Morgan fingerprint density at radius 3 is 2.30 bits per heavy atom. The Morgan fingerprint density at radius 1 is 1.20 bits per heavy atom. The lowest BCUT2D eigenvalue weighted by Gasteiger charge is -2.12. The Labute approximate surface area is 63.4 Å². The summed E-state index contributed by atoms with van der Waals surface area (Å²) in [6.07, 6.45) is 4.46. The van der Waals surface area contributed by atoms with Gasteiger partial charge in [0.05, 0.1) is 0 Å². The van der Waals surface area contributed by atoms with E-state index in [1.54, 1.807) is 0 Å². The molecule has 1 saturated heterocycles. The lowest BCUT2D eigenvalue weighted by atomic mass is 10.0. The molecule has 2 aliphatic rings. The van der Waals surface area contributed by atoms with Crippen molar-refractivity contribution in [2.75, 3.05) is 19.6 Å². The predicted molar refractivity (Wildman–Crippen MR) is 42.6 cm³/mol. The van der Waals surface area contributed by atoms with E-state index in [9.17, 15) is 0 Å². The largest absolute Gasteiger partial charge is 0.303 e. The fourth-order valence-corrected chi connectivity index (χ4v) is 2.51. The van der Waals surface area contributed by atoms with E-state index in [0.717, 1.165) is 18.4 Å². The first-order chi connectivity index (χ1) is 4.90. The topological polar surface area (TPSA) is 3.24 Å². The Morgan fingerprint density at radius 2 is 1.80 bits per heavy atom. The summed E-state index contributed by atoms with van der Waals surface area (Å²) in [7, 11) is 0. The van der Waals surface area contributed by atoms with Crippen molar-refractivity contribution in [1.82, 2.24) is 4.90 Å². The first-order valence-electron chi connectivity index (χ1n) is 4.42. The molecule has 2 atom stereocenters. The standard InChI is InChI=1S/C9H16N/c1-2-10-6-8-4-3-5-9(8)7-10/h8-9H,1-7H2. The Balaban J connectivity index is 1.94. The van der Waals surface area contributed by atoms with Gasteiger partial charge in [-0.2, -0.15) is 0 Å². The van der Waals surface area contributed by atoms with E-state index in [1.165, 1.54) is 32.4 Å². The van der Waals surface area contributed by atoms with E-state index in [1.807, 2.05) is 0 Å². The van der Waals surface area contributed by atoms with Crippen molar-refractivity contribution >= 4 is 0 Å². The highest BCUT2D eigenvalue weighted by molar-refractivity contribution is 4.88. The van der Waals surface area contributed by atoms with Crippen LogP contribution in [0.4, 0.5) is 0 Å². The number of hydrogen-bond donors (Lipinski definition) is 0. The quantitative estimate of drug-likeness (QED) is 0.531. The van der Waals surface area contributed by atoms with E-state index >= 15 is 0 Å². The van der Waals surface area contributed by atoms with Crippen LogP contribution in [0.2, 0.25) is 0 Å². The molecule has 10 heavy (non-hydrogen) atoms. The van der Waals surface area contributed by atoms with Gasteiger partial charge in [0.15, 0.2) is 0 Å². The van der Waals surface area contributed by atoms with Gasteiger partial charge in [-0.3, -0.25) is 0 Å². The second-order valence-electron chi connectivity index (χ2n) is 3.71. The molecule has 1 nitrogen and oxygen atoms in total. The van der Waals surface area contributed by atoms with E-state index in [4.69, 9.17) is 0 Å². The molecule has 1 aliphatic carbocycles. The highest BCUT2D eigenvalue weighted by atomic mass is 15.1. The van der Waals surface area contributed by atoms with Crippen LogP contribution in [0.5, 0.6) is 0 Å². The summed E-state index contributed by atoms with van der Waals surface area (Å²) in [6, 6.07) is 0. The highest BCUT2D eigenvalue weighted by Crippen LogP contribution is 2.37. The van der Waals surface area contributed by atoms with Crippen molar-refractivity contribution in [1.29, 1.82) is 0 Å². The molecular weight excluding hydrogens is 122 g/mol. The molecular formula is C9H16N. The Hall–Kier alpha value is -0.0400. The maximum absolute atomic E-state index is 3.92. The fraction of sp³-hybridized carbons (Fsp3) is 0.889. The van der Waals surface area contributed by atoms with Crippen LogP contribution in [0.15, 0.2) is 0 Å². The summed E-state index contributed by atoms with van der Waals surface area (Å²) in [5.41, 5.74) is 0. The van der Waals surface area contributed by atoms with E-state index in [2.05, 4.69) is 11.8 Å². The number of rotatable bonds is 1. The Bertz CT molecular complexity index is 110. The number of nitrogens with zero attached hydrogens (tertiary/aromatic N) is 1. The summed E-state index contributed by atoms with van der Waals surface area (Å²) in [5, 5.41) is 0. The molecule has 1 aliphatic heterocycles. The van der Waals surface area contributed by atoms with Gasteiger partial charge in [0, 0.05) is 13.1 Å². The maximum atomic E-state index is 3.92. The van der Waals surface area contributed by atoms with Gasteiger partial charge in [-0.15, -0.1) is 0 Å². The summed E-state index contributed by atoms with van der Waals surface area (Å²) >= 11 is 0. The van der Waals surface area contributed by atoms with Crippen LogP contribution in [0.25, 0.3) is 0 Å². The van der Waals surface area contributed by atoms with Gasteiger partial charge >= 0.3 is 0 Å². The minimum Gasteiger partial charge on any atom is -0.303 e. The van der Waals surface area contributed by atoms with E-state index in [0.29, 0.717) is 0 Å². The summed E-state index contributed by atoms with van der Waals surface area (Å²) in [5.74, 6) is 2.09. The monoisotopic (exact) mass is 138 g/mol. The van der Waals surface area contributed by atoms with E-state index in [-0.39, 0.29) is 0 Å². The molecule has 0 aromatic heterocycles. The van der Waals surface area contributed by atoms with Crippen molar-refractivity contribution < 1.29 is 0 Å². The molecule has 0 aromatic carbocycles. The zero-order valence-electron chi connectivity index (χ0n) is 6.55. The summed E-state index contributed by atoms with van der Waals surface area (Å²) in [6.45, 7) is 7.62. The second-order valence-corrected chi connectivity index (χ2v) is 3.71. The van der Waals surface area contributed by atoms with Crippen LogP contribution in [0.1, 0.15) is 19.3 Å². The molecule has 0 N–H and O–H groups in total. The Kier molecular flexibility index (Phi) is 1.69. The van der Waals surface area contributed by atoms with Crippen LogP contribution < -0.4 is 0 Å². The second kappa shape index (κ2) is 2.54. The van der Waals surface area contributed by atoms with Gasteiger partial charge in [-0.1, -0.05) is 6.42 Å². The molecule has 1 heteroatoms. The first-order valence-corrected chi connectivity index (χ1v) is 4.42. The van der Waals surface area contributed by atoms with Crippen LogP contribution in [0, 0.1) is 18.8 Å². The molecule has 2 rings (SSSR count). The fourth-order valence-electron chi connectivity index (χ4n) is 2.51. The third kappa shape index (κ3) is 0.968. The smallest absolute Gasteiger partial charge is 0.00129 e. The van der Waals surface area contributed by atoms with Gasteiger partial charge in [0.25, 0.3) is 0 Å². The zero-order chi connectivity index (χ0) is 6.97. The van der Waals surface area contributed by atoms with Crippen LogP contribution >= 0.6 is 0 Å². The molecule has 0 aromatic rings. The highest BCUT2D eigenvalue weighted by Gasteiger charge is 2.34. The lowest BCUT2D eigenvalue weighted by molar-refractivity contribution is 0.343. The lowest BCUT2D eigenvalue weighted by Crippen LogP contribution is -2.20. The molecule has 0 bridgehead atoms. The molecule has 1 saturated carbocycles. The van der Waals surface area contributed by atoms with Crippen LogP contribution in [-0.2, 0) is 0 Å². The SMILES string of the molecule is [CH2]CN1CC2CCCC2C1. The third-order valence-corrected chi connectivity index (χ3v) is 3.12. The van der Waals surface area contributed by atoms with Gasteiger partial charge in [-0.05, 0) is 38.1 Å². The summed E-state index contributed by atoms with van der Waals surface area (Å²) in [4.78, 5) is 2.49. The maximum Gasteiger partial charge on any atom is 0.00129 e. The van der Waals surface area contributed by atoms with Crippen LogP contribution in [-0.4, -0.2) is 24.5 Å². The number of fused-ring (bicyclic) bond motifs is 1. The normalized spacial score (nSPS) is 40.5. The van der Waals surface area contributed by atoms with Gasteiger partial charge < -0.3 is 4.90 Å². The minimum absolute atomic E-state index is 1.02.